The predicted octanol–water partition coefficient (Wildman–Crippen LogP) is 2.48. The van der Waals surface area contributed by atoms with Crippen LogP contribution in [0.15, 0.2) is 48.7 Å². The van der Waals surface area contributed by atoms with Crippen molar-refractivity contribution in [2.75, 3.05) is 12.4 Å². The average molecular weight is 310 g/mol. The van der Waals surface area contributed by atoms with E-state index < -0.39 is 11.9 Å². The molecule has 6 heteroatoms. The van der Waals surface area contributed by atoms with E-state index in [2.05, 4.69) is 10.3 Å². The number of fused-ring (bicyclic) bond motifs is 3. The largest absolute Gasteiger partial charge is 0.497 e. The molecule has 2 aromatic carbocycles. The molecule has 0 radical (unpaired) electrons. The van der Waals surface area contributed by atoms with Crippen molar-refractivity contribution < 1.29 is 18.5 Å². The molecule has 0 amide bonds. The zero-order valence-electron chi connectivity index (χ0n) is 12.3. The molecule has 0 fully saturated rings. The monoisotopic (exact) mass is 310 g/mol. The number of para-hydroxylation sites is 2. The van der Waals surface area contributed by atoms with Crippen molar-refractivity contribution in [2.45, 2.75) is 6.04 Å². The molecule has 0 aliphatic carbocycles. The molecular formula is C17H13FN3O2+. The van der Waals surface area contributed by atoms with Gasteiger partial charge >= 0.3 is 11.7 Å². The van der Waals surface area contributed by atoms with Crippen molar-refractivity contribution in [3.05, 3.63) is 60.0 Å². The van der Waals surface area contributed by atoms with Gasteiger partial charge in [-0.05, 0) is 24.3 Å². The van der Waals surface area contributed by atoms with Gasteiger partial charge < -0.3 is 4.74 Å². The molecule has 3 aromatic rings. The van der Waals surface area contributed by atoms with Crippen LogP contribution in [0.2, 0.25) is 0 Å². The third kappa shape index (κ3) is 2.03. The molecule has 0 bridgehead atoms. The van der Waals surface area contributed by atoms with Crippen LogP contribution in [-0.2, 0) is 0 Å². The van der Waals surface area contributed by atoms with E-state index in [4.69, 9.17) is 4.74 Å². The van der Waals surface area contributed by atoms with Gasteiger partial charge in [0.05, 0.1) is 7.11 Å². The molecule has 4 rings (SSSR count). The number of nitrogens with zero attached hydrogens (tertiary/aromatic N) is 2. The maximum atomic E-state index is 14.3. The molecule has 1 unspecified atom stereocenters. The Hall–Kier alpha value is -3.02. The summed E-state index contributed by atoms with van der Waals surface area (Å²) in [5, 5.41) is 3.04. The van der Waals surface area contributed by atoms with Crippen molar-refractivity contribution in [2.24, 2.45) is 0 Å². The summed E-state index contributed by atoms with van der Waals surface area (Å²) in [6.45, 7) is 0. The molecule has 23 heavy (non-hydrogen) atoms. The summed E-state index contributed by atoms with van der Waals surface area (Å²) in [5.74, 6) is 0.242. The van der Waals surface area contributed by atoms with E-state index in [1.165, 1.54) is 17.7 Å². The van der Waals surface area contributed by atoms with Crippen LogP contribution in [0.1, 0.15) is 16.4 Å². The summed E-state index contributed by atoms with van der Waals surface area (Å²) in [6.07, 6.45) is 1.58. The number of carbonyl (C=O) groups is 1. The minimum absolute atomic E-state index is 0.234. The Morgan fingerprint density at radius 2 is 2.09 bits per heavy atom. The number of hydrogen-bond donors (Lipinski definition) is 1. The van der Waals surface area contributed by atoms with Gasteiger partial charge in [-0.25, -0.2) is 14.2 Å². The fraction of sp³-hybridized carbons (Fsp3) is 0.118. The molecule has 1 N–H and O–H groups in total. The normalized spacial score (nSPS) is 16.3. The van der Waals surface area contributed by atoms with Crippen molar-refractivity contribution in [3.63, 3.8) is 0 Å². The van der Waals surface area contributed by atoms with Gasteiger partial charge in [-0.15, -0.1) is 0 Å². The second-order valence-corrected chi connectivity index (χ2v) is 5.27. The summed E-state index contributed by atoms with van der Waals surface area (Å²) < 4.78 is 20.8. The first-order chi connectivity index (χ1) is 11.2. The lowest BCUT2D eigenvalue weighted by Crippen LogP contribution is -2.41. The van der Waals surface area contributed by atoms with Crippen molar-refractivity contribution >= 4 is 22.8 Å². The maximum absolute atomic E-state index is 14.3. The zero-order chi connectivity index (χ0) is 16.0. The van der Waals surface area contributed by atoms with Crippen LogP contribution in [0.4, 0.5) is 10.2 Å². The van der Waals surface area contributed by atoms with E-state index in [-0.39, 0.29) is 11.5 Å². The molecule has 0 saturated carbocycles. The molecule has 1 aliphatic rings. The second-order valence-electron chi connectivity index (χ2n) is 5.27. The highest BCUT2D eigenvalue weighted by Crippen LogP contribution is 2.28. The molecule has 0 saturated heterocycles. The summed E-state index contributed by atoms with van der Waals surface area (Å²) in [6, 6.07) is 11.0. The topological polar surface area (TPSA) is 55.1 Å². The summed E-state index contributed by atoms with van der Waals surface area (Å²) in [5.41, 5.74) is 1.68. The minimum atomic E-state index is -0.784. The predicted molar refractivity (Wildman–Crippen MR) is 81.9 cm³/mol. The third-order valence-electron chi connectivity index (χ3n) is 3.97. The first kappa shape index (κ1) is 13.6. The Morgan fingerprint density at radius 1 is 1.26 bits per heavy atom. The number of benzene rings is 2. The van der Waals surface area contributed by atoms with Gasteiger partial charge in [0, 0.05) is 11.6 Å². The van der Waals surface area contributed by atoms with E-state index in [1.807, 2.05) is 24.3 Å². The zero-order valence-corrected chi connectivity index (χ0v) is 12.3. The Labute approximate surface area is 131 Å². The quantitative estimate of drug-likeness (QED) is 0.739. The number of methoxy groups -OCH3 is 1. The lowest BCUT2D eigenvalue weighted by molar-refractivity contribution is -0.524. The first-order valence-corrected chi connectivity index (χ1v) is 7.13. The molecular weight excluding hydrogens is 297 g/mol. The fourth-order valence-corrected chi connectivity index (χ4v) is 2.84. The Kier molecular flexibility index (Phi) is 2.97. The summed E-state index contributed by atoms with van der Waals surface area (Å²) in [7, 11) is 1.47. The smallest absolute Gasteiger partial charge is 0.364 e. The van der Waals surface area contributed by atoms with Crippen LogP contribution >= 0.6 is 0 Å². The van der Waals surface area contributed by atoms with Gasteiger partial charge in [-0.2, -0.15) is 4.57 Å². The molecule has 1 aromatic heterocycles. The number of ether oxygens (including phenoxy) is 1. The van der Waals surface area contributed by atoms with Crippen LogP contribution in [0.5, 0.6) is 5.75 Å². The van der Waals surface area contributed by atoms with Gasteiger partial charge in [0.25, 0.3) is 0 Å². The van der Waals surface area contributed by atoms with Gasteiger partial charge in [-0.1, -0.05) is 12.1 Å². The number of anilines is 1. The summed E-state index contributed by atoms with van der Waals surface area (Å²) >= 11 is 0. The minimum Gasteiger partial charge on any atom is -0.497 e. The molecule has 114 valence electrons. The van der Waals surface area contributed by atoms with E-state index in [9.17, 15) is 9.18 Å². The number of carbonyl (C=O) groups excluding carboxylic acids is 1. The summed E-state index contributed by atoms with van der Waals surface area (Å²) in [4.78, 5) is 17.1. The van der Waals surface area contributed by atoms with E-state index in [1.54, 1.807) is 18.3 Å². The van der Waals surface area contributed by atoms with Gasteiger partial charge in [0.15, 0.2) is 5.52 Å². The molecule has 2 heterocycles. The number of aromatic nitrogens is 2. The van der Waals surface area contributed by atoms with E-state index in [0.717, 1.165) is 0 Å². The van der Waals surface area contributed by atoms with Crippen molar-refractivity contribution in [1.82, 2.24) is 4.98 Å². The van der Waals surface area contributed by atoms with Crippen LogP contribution in [0.25, 0.3) is 11.0 Å². The molecule has 5 nitrogen and oxygen atoms in total. The SMILES string of the molecule is COc1ccc(C2Nc3cnc4ccccc4[n+]3C2=O)c(F)c1. The van der Waals surface area contributed by atoms with Crippen LogP contribution in [-0.4, -0.2) is 18.0 Å². The van der Waals surface area contributed by atoms with Crippen LogP contribution in [0, 0.1) is 5.82 Å². The Morgan fingerprint density at radius 3 is 2.87 bits per heavy atom. The molecule has 1 aliphatic heterocycles. The van der Waals surface area contributed by atoms with Gasteiger partial charge in [0.2, 0.25) is 6.04 Å². The second kappa shape index (κ2) is 5.01. The van der Waals surface area contributed by atoms with E-state index in [0.29, 0.717) is 22.6 Å². The van der Waals surface area contributed by atoms with Crippen LogP contribution < -0.4 is 14.6 Å². The molecule has 1 atom stereocenters. The van der Waals surface area contributed by atoms with Gasteiger partial charge in [0.1, 0.15) is 23.3 Å². The lowest BCUT2D eigenvalue weighted by Gasteiger charge is -2.07. The number of nitrogens with one attached hydrogen (secondary N) is 1. The standard InChI is InChI=1S/C17H12FN3O2/c1-23-10-6-7-11(12(18)8-10)16-17(22)21-14-5-3-2-4-13(14)19-9-15(21)20-16/h2-9,16H,1H3/p+1. The lowest BCUT2D eigenvalue weighted by atomic mass is 10.1. The molecule has 0 spiro atoms. The Bertz CT molecular complexity index is 942. The highest BCUT2D eigenvalue weighted by atomic mass is 19.1. The van der Waals surface area contributed by atoms with Crippen molar-refractivity contribution in [3.8, 4) is 5.75 Å². The number of rotatable bonds is 2. The third-order valence-corrected chi connectivity index (χ3v) is 3.97. The Balaban J connectivity index is 1.82. The maximum Gasteiger partial charge on any atom is 0.364 e. The highest BCUT2D eigenvalue weighted by molar-refractivity contribution is 5.87. The average Bonchev–Trinajstić information content (AvgIpc) is 2.92. The van der Waals surface area contributed by atoms with Crippen molar-refractivity contribution in [1.29, 1.82) is 0 Å². The highest BCUT2D eigenvalue weighted by Gasteiger charge is 2.42. The number of hydrogen-bond acceptors (Lipinski definition) is 4. The first-order valence-electron chi connectivity index (χ1n) is 7.13. The fourth-order valence-electron chi connectivity index (χ4n) is 2.84. The van der Waals surface area contributed by atoms with Crippen LogP contribution in [0.3, 0.4) is 0 Å². The van der Waals surface area contributed by atoms with E-state index >= 15 is 0 Å². The van der Waals surface area contributed by atoms with Gasteiger partial charge in [-0.3, -0.25) is 5.32 Å². The number of halogens is 1.